The van der Waals surface area contributed by atoms with Gasteiger partial charge in [-0.3, -0.25) is 14.5 Å². The smallest absolute Gasteiger partial charge is 0.238 e. The van der Waals surface area contributed by atoms with Crippen LogP contribution in [0.1, 0.15) is 17.2 Å². The number of halogens is 3. The molecule has 2 amide bonds. The van der Waals surface area contributed by atoms with Crippen LogP contribution in [-0.4, -0.2) is 36.9 Å². The molecule has 5 nitrogen and oxygen atoms in total. The Hall–Kier alpha value is -3.65. The molecule has 0 spiro atoms. The molecule has 0 aliphatic rings. The summed E-state index contributed by atoms with van der Waals surface area (Å²) in [5.74, 6) is -5.48. The number of benzene rings is 3. The molecule has 0 heterocycles. The quantitative estimate of drug-likeness (QED) is 0.522. The summed E-state index contributed by atoms with van der Waals surface area (Å²) in [4.78, 5) is 26.2. The van der Waals surface area contributed by atoms with E-state index in [1.165, 1.54) is 4.90 Å². The van der Waals surface area contributed by atoms with Crippen LogP contribution < -0.4 is 10.6 Å². The maximum atomic E-state index is 13.7. The van der Waals surface area contributed by atoms with Gasteiger partial charge in [0.05, 0.1) is 24.8 Å². The second kappa shape index (κ2) is 10.6. The van der Waals surface area contributed by atoms with Crippen LogP contribution in [0.15, 0.2) is 72.8 Å². The van der Waals surface area contributed by atoms with E-state index in [0.717, 1.165) is 23.3 Å². The minimum absolute atomic E-state index is 0.107. The van der Waals surface area contributed by atoms with E-state index in [-0.39, 0.29) is 25.0 Å². The van der Waals surface area contributed by atoms with Gasteiger partial charge in [0.25, 0.3) is 0 Å². The van der Waals surface area contributed by atoms with Crippen LogP contribution in [0.5, 0.6) is 0 Å². The number of likely N-dealkylation sites (N-methyl/N-ethyl adjacent to an activating group) is 1. The normalized spacial score (nSPS) is 10.9. The van der Waals surface area contributed by atoms with Gasteiger partial charge in [-0.25, -0.2) is 13.2 Å². The third kappa shape index (κ3) is 5.95. The second-order valence-electron chi connectivity index (χ2n) is 7.27. The van der Waals surface area contributed by atoms with Gasteiger partial charge < -0.3 is 10.6 Å². The zero-order chi connectivity index (χ0) is 23.1. The molecule has 0 saturated heterocycles. The van der Waals surface area contributed by atoms with Crippen molar-refractivity contribution in [3.05, 3.63) is 101 Å². The van der Waals surface area contributed by atoms with E-state index in [4.69, 9.17) is 0 Å². The number of nitrogens with zero attached hydrogens (tertiary/aromatic N) is 1. The van der Waals surface area contributed by atoms with Gasteiger partial charge in [0.2, 0.25) is 11.8 Å². The SMILES string of the molecule is CN(CC(=O)Nc1ccc(F)c(F)c1F)CC(=O)NC(c1ccccc1)c1ccccc1. The molecule has 0 unspecified atom stereocenters. The van der Waals surface area contributed by atoms with Gasteiger partial charge >= 0.3 is 0 Å². The molecule has 0 fully saturated rings. The number of hydrogen-bond acceptors (Lipinski definition) is 3. The highest BCUT2D eigenvalue weighted by Gasteiger charge is 2.19. The third-order valence-corrected chi connectivity index (χ3v) is 4.71. The molecule has 3 rings (SSSR count). The van der Waals surface area contributed by atoms with Crippen molar-refractivity contribution in [1.29, 1.82) is 0 Å². The Morgan fingerprint density at radius 1 is 0.781 bits per heavy atom. The molecule has 32 heavy (non-hydrogen) atoms. The molecule has 2 N–H and O–H groups in total. The number of carbonyl (C=O) groups excluding carboxylic acids is 2. The van der Waals surface area contributed by atoms with Crippen LogP contribution in [0.4, 0.5) is 18.9 Å². The lowest BCUT2D eigenvalue weighted by Gasteiger charge is -2.22. The molecular formula is C24H22F3N3O2. The largest absolute Gasteiger partial charge is 0.344 e. The Morgan fingerprint density at radius 3 is 1.88 bits per heavy atom. The first kappa shape index (κ1) is 23.0. The summed E-state index contributed by atoms with van der Waals surface area (Å²) < 4.78 is 40.1. The summed E-state index contributed by atoms with van der Waals surface area (Å²) in [5.41, 5.74) is 1.34. The van der Waals surface area contributed by atoms with Gasteiger partial charge in [-0.1, -0.05) is 60.7 Å². The second-order valence-corrected chi connectivity index (χ2v) is 7.27. The fourth-order valence-corrected chi connectivity index (χ4v) is 3.22. The number of hydrogen-bond donors (Lipinski definition) is 2. The van der Waals surface area contributed by atoms with Crippen LogP contribution in [0, 0.1) is 17.5 Å². The molecule has 166 valence electrons. The van der Waals surface area contributed by atoms with Crippen molar-refractivity contribution in [2.24, 2.45) is 0 Å². The number of nitrogens with one attached hydrogen (secondary N) is 2. The summed E-state index contributed by atoms with van der Waals surface area (Å²) in [5, 5.41) is 5.14. The average molecular weight is 441 g/mol. The monoisotopic (exact) mass is 441 g/mol. The maximum absolute atomic E-state index is 13.7. The highest BCUT2D eigenvalue weighted by atomic mass is 19.2. The Bertz CT molecular complexity index is 1040. The predicted octanol–water partition coefficient (Wildman–Crippen LogP) is 3.88. The lowest BCUT2D eigenvalue weighted by molar-refractivity contribution is -0.123. The van der Waals surface area contributed by atoms with Gasteiger partial charge in [0.15, 0.2) is 17.5 Å². The van der Waals surface area contributed by atoms with Crippen molar-refractivity contribution in [3.8, 4) is 0 Å². The molecular weight excluding hydrogens is 419 g/mol. The molecule has 3 aromatic carbocycles. The third-order valence-electron chi connectivity index (χ3n) is 4.71. The first-order chi connectivity index (χ1) is 15.3. The van der Waals surface area contributed by atoms with E-state index in [2.05, 4.69) is 10.6 Å². The number of carbonyl (C=O) groups is 2. The number of anilines is 1. The van der Waals surface area contributed by atoms with Crippen molar-refractivity contribution in [1.82, 2.24) is 10.2 Å². The standard InChI is InChI=1S/C24H22F3N3O2/c1-30(14-20(31)28-19-13-12-18(25)22(26)23(19)27)15-21(32)29-24(16-8-4-2-5-9-16)17-10-6-3-7-11-17/h2-13,24H,14-15H2,1H3,(H,28,31)(H,29,32). The fraction of sp³-hybridized carbons (Fsp3) is 0.167. The minimum Gasteiger partial charge on any atom is -0.344 e. The van der Waals surface area contributed by atoms with Crippen LogP contribution in [0.25, 0.3) is 0 Å². The van der Waals surface area contributed by atoms with Crippen molar-refractivity contribution in [2.75, 3.05) is 25.5 Å². The molecule has 3 aromatic rings. The minimum atomic E-state index is -1.66. The summed E-state index contributed by atoms with van der Waals surface area (Å²) in [7, 11) is 1.54. The summed E-state index contributed by atoms with van der Waals surface area (Å²) >= 11 is 0. The lowest BCUT2D eigenvalue weighted by atomic mass is 9.99. The van der Waals surface area contributed by atoms with Gasteiger partial charge in [0.1, 0.15) is 0 Å². The maximum Gasteiger partial charge on any atom is 0.238 e. The van der Waals surface area contributed by atoms with Gasteiger partial charge in [-0.15, -0.1) is 0 Å². The van der Waals surface area contributed by atoms with Crippen LogP contribution in [0.2, 0.25) is 0 Å². The fourth-order valence-electron chi connectivity index (χ4n) is 3.22. The van der Waals surface area contributed by atoms with E-state index >= 15 is 0 Å². The molecule has 0 aliphatic heterocycles. The first-order valence-corrected chi connectivity index (χ1v) is 9.86. The molecule has 0 bridgehead atoms. The van der Waals surface area contributed by atoms with Crippen LogP contribution in [-0.2, 0) is 9.59 Å². The number of amides is 2. The van der Waals surface area contributed by atoms with Crippen molar-refractivity contribution >= 4 is 17.5 Å². The molecule has 0 aromatic heterocycles. The zero-order valence-electron chi connectivity index (χ0n) is 17.3. The van der Waals surface area contributed by atoms with Crippen LogP contribution in [0.3, 0.4) is 0 Å². The Kier molecular flexibility index (Phi) is 7.62. The summed E-state index contributed by atoms with van der Waals surface area (Å²) in [6, 6.07) is 20.2. The Labute approximate surface area is 183 Å². The molecule has 0 radical (unpaired) electrons. The van der Waals surface area contributed by atoms with E-state index in [1.54, 1.807) is 7.05 Å². The molecule has 8 heteroatoms. The molecule has 0 atom stereocenters. The first-order valence-electron chi connectivity index (χ1n) is 9.86. The topological polar surface area (TPSA) is 61.4 Å². The molecule has 0 saturated carbocycles. The van der Waals surface area contributed by atoms with E-state index in [9.17, 15) is 22.8 Å². The van der Waals surface area contributed by atoms with Crippen molar-refractivity contribution in [2.45, 2.75) is 6.04 Å². The summed E-state index contributed by atoms with van der Waals surface area (Å²) in [6.07, 6.45) is 0. The van der Waals surface area contributed by atoms with E-state index in [0.29, 0.717) is 0 Å². The van der Waals surface area contributed by atoms with Crippen LogP contribution >= 0.6 is 0 Å². The Morgan fingerprint density at radius 2 is 1.31 bits per heavy atom. The van der Waals surface area contributed by atoms with Gasteiger partial charge in [0, 0.05) is 0 Å². The van der Waals surface area contributed by atoms with E-state index in [1.807, 2.05) is 60.7 Å². The van der Waals surface area contributed by atoms with Crippen molar-refractivity contribution < 1.29 is 22.8 Å². The highest BCUT2D eigenvalue weighted by molar-refractivity contribution is 5.92. The van der Waals surface area contributed by atoms with E-state index < -0.39 is 29.0 Å². The van der Waals surface area contributed by atoms with Gasteiger partial charge in [-0.05, 0) is 30.3 Å². The van der Waals surface area contributed by atoms with Crippen molar-refractivity contribution in [3.63, 3.8) is 0 Å². The lowest BCUT2D eigenvalue weighted by Crippen LogP contribution is -2.40. The average Bonchev–Trinajstić information content (AvgIpc) is 2.79. The number of rotatable bonds is 8. The zero-order valence-corrected chi connectivity index (χ0v) is 17.3. The highest BCUT2D eigenvalue weighted by Crippen LogP contribution is 2.22. The van der Waals surface area contributed by atoms with Gasteiger partial charge in [-0.2, -0.15) is 0 Å². The molecule has 0 aliphatic carbocycles. The Balaban J connectivity index is 1.60. The predicted molar refractivity (Wildman–Crippen MR) is 115 cm³/mol. The summed E-state index contributed by atoms with van der Waals surface area (Å²) in [6.45, 7) is -0.364.